The van der Waals surface area contributed by atoms with Gasteiger partial charge >= 0.3 is 0 Å². The van der Waals surface area contributed by atoms with E-state index in [9.17, 15) is 0 Å². The highest BCUT2D eigenvalue weighted by Gasteiger charge is 2.34. The number of morpholine rings is 1. The summed E-state index contributed by atoms with van der Waals surface area (Å²) in [5, 5.41) is 3.26. The Labute approximate surface area is 117 Å². The second kappa shape index (κ2) is 5.87. The van der Waals surface area contributed by atoms with Gasteiger partial charge in [-0.2, -0.15) is 0 Å². The molecule has 100 valence electrons. The summed E-state index contributed by atoms with van der Waals surface area (Å²) < 4.78 is 5.90. The Morgan fingerprint density at radius 3 is 3.17 bits per heavy atom. The summed E-state index contributed by atoms with van der Waals surface area (Å²) in [6.07, 6.45) is 5.62. The van der Waals surface area contributed by atoms with Crippen molar-refractivity contribution >= 4 is 22.9 Å². The second-order valence-electron chi connectivity index (χ2n) is 5.10. The molecule has 2 aliphatic rings. The molecule has 18 heavy (non-hydrogen) atoms. The molecule has 3 rings (SSSR count). The molecule has 2 unspecified atom stereocenters. The van der Waals surface area contributed by atoms with Gasteiger partial charge in [-0.15, -0.1) is 22.9 Å². The zero-order valence-electron chi connectivity index (χ0n) is 10.5. The Morgan fingerprint density at radius 1 is 1.44 bits per heavy atom. The highest BCUT2D eigenvalue weighted by molar-refractivity contribution is 7.09. The molecule has 2 atom stereocenters. The Kier molecular flexibility index (Phi) is 4.19. The number of aromatic nitrogens is 1. The number of hydrogen-bond donors (Lipinski definition) is 0. The fraction of sp³-hybridized carbons (Fsp3) is 0.769. The van der Waals surface area contributed by atoms with E-state index in [0.29, 0.717) is 18.0 Å². The lowest BCUT2D eigenvalue weighted by Gasteiger charge is -2.43. The molecule has 0 radical (unpaired) electrons. The average molecular weight is 287 g/mol. The largest absolute Gasteiger partial charge is 0.375 e. The van der Waals surface area contributed by atoms with Crippen LogP contribution in [0.5, 0.6) is 0 Å². The van der Waals surface area contributed by atoms with Gasteiger partial charge in [0.1, 0.15) is 5.01 Å². The molecule has 0 aromatic carbocycles. The van der Waals surface area contributed by atoms with Crippen molar-refractivity contribution in [2.75, 3.05) is 13.2 Å². The van der Waals surface area contributed by atoms with Crippen LogP contribution in [0.4, 0.5) is 0 Å². The van der Waals surface area contributed by atoms with Gasteiger partial charge in [0.15, 0.2) is 0 Å². The Bertz CT molecular complexity index is 396. The number of rotatable bonds is 3. The number of thiazole rings is 1. The van der Waals surface area contributed by atoms with Crippen molar-refractivity contribution in [3.05, 3.63) is 16.1 Å². The summed E-state index contributed by atoms with van der Waals surface area (Å²) in [6, 6.07) is 0.607. The van der Waals surface area contributed by atoms with Crippen LogP contribution in [0.1, 0.15) is 36.4 Å². The van der Waals surface area contributed by atoms with Crippen molar-refractivity contribution in [1.29, 1.82) is 0 Å². The molecule has 0 bridgehead atoms. The molecule has 1 aromatic rings. The van der Waals surface area contributed by atoms with E-state index in [4.69, 9.17) is 16.3 Å². The van der Waals surface area contributed by atoms with Crippen LogP contribution in [0.25, 0.3) is 0 Å². The van der Waals surface area contributed by atoms with Crippen molar-refractivity contribution in [3.63, 3.8) is 0 Å². The van der Waals surface area contributed by atoms with Crippen molar-refractivity contribution in [2.24, 2.45) is 0 Å². The van der Waals surface area contributed by atoms with E-state index in [0.717, 1.165) is 25.4 Å². The predicted octanol–water partition coefficient (Wildman–Crippen LogP) is 3.03. The molecule has 0 spiro atoms. The maximum absolute atomic E-state index is 5.90. The fourth-order valence-corrected chi connectivity index (χ4v) is 4.08. The van der Waals surface area contributed by atoms with Crippen LogP contribution in [0.15, 0.2) is 5.38 Å². The van der Waals surface area contributed by atoms with Crippen LogP contribution in [-0.4, -0.2) is 35.2 Å². The van der Waals surface area contributed by atoms with Crippen LogP contribution < -0.4 is 0 Å². The summed E-state index contributed by atoms with van der Waals surface area (Å²) in [7, 11) is 0. The molecular formula is C13H19ClN2OS. The topological polar surface area (TPSA) is 25.4 Å². The first-order valence-corrected chi connectivity index (χ1v) is 8.13. The molecule has 0 amide bonds. The molecule has 3 nitrogen and oxygen atoms in total. The summed E-state index contributed by atoms with van der Waals surface area (Å²) in [6.45, 7) is 2.87. The average Bonchev–Trinajstić information content (AvgIpc) is 2.87. The first-order valence-electron chi connectivity index (χ1n) is 6.71. The number of ether oxygens (including phenoxy) is 1. The highest BCUT2D eigenvalue weighted by atomic mass is 35.5. The Hall–Kier alpha value is -0.160. The molecule has 2 heterocycles. The summed E-state index contributed by atoms with van der Waals surface area (Å²) in [5.74, 6) is 0.520. The molecule has 1 aliphatic heterocycles. The minimum absolute atomic E-state index is 0.458. The lowest BCUT2D eigenvalue weighted by Crippen LogP contribution is -2.52. The normalized spacial score (nSPS) is 29.2. The first-order chi connectivity index (χ1) is 8.86. The van der Waals surface area contributed by atoms with Gasteiger partial charge in [0.25, 0.3) is 0 Å². The quantitative estimate of drug-likeness (QED) is 0.799. The van der Waals surface area contributed by atoms with Gasteiger partial charge in [0.05, 0.1) is 30.8 Å². The molecule has 1 saturated carbocycles. The Balaban J connectivity index is 1.66. The molecule has 0 N–H and O–H groups in total. The van der Waals surface area contributed by atoms with Crippen LogP contribution >= 0.6 is 22.9 Å². The van der Waals surface area contributed by atoms with Crippen molar-refractivity contribution in [1.82, 2.24) is 9.88 Å². The number of hydrogen-bond acceptors (Lipinski definition) is 4. The molecule has 1 aromatic heterocycles. The van der Waals surface area contributed by atoms with Crippen LogP contribution in [0.2, 0.25) is 0 Å². The van der Waals surface area contributed by atoms with Crippen LogP contribution in [-0.2, 0) is 17.2 Å². The third-order valence-corrected chi connectivity index (χ3v) is 5.08. The van der Waals surface area contributed by atoms with E-state index in [-0.39, 0.29) is 0 Å². The van der Waals surface area contributed by atoms with Crippen LogP contribution in [0.3, 0.4) is 0 Å². The van der Waals surface area contributed by atoms with Gasteiger partial charge < -0.3 is 4.74 Å². The van der Waals surface area contributed by atoms with Crippen molar-refractivity contribution in [2.45, 2.75) is 50.3 Å². The van der Waals surface area contributed by atoms with Gasteiger partial charge in [-0.1, -0.05) is 12.8 Å². The summed E-state index contributed by atoms with van der Waals surface area (Å²) >= 11 is 7.53. The van der Waals surface area contributed by atoms with Gasteiger partial charge in [0.2, 0.25) is 0 Å². The monoisotopic (exact) mass is 286 g/mol. The van der Waals surface area contributed by atoms with Crippen LogP contribution in [0, 0.1) is 0 Å². The maximum atomic E-state index is 5.90. The number of alkyl halides is 1. The zero-order chi connectivity index (χ0) is 12.4. The Morgan fingerprint density at radius 2 is 2.33 bits per heavy atom. The van der Waals surface area contributed by atoms with Gasteiger partial charge in [-0.3, -0.25) is 4.90 Å². The third-order valence-electron chi connectivity index (χ3n) is 3.92. The lowest BCUT2D eigenvalue weighted by atomic mass is 9.90. The number of nitrogens with zero attached hydrogens (tertiary/aromatic N) is 2. The third kappa shape index (κ3) is 2.72. The molecule has 5 heteroatoms. The molecule has 1 aliphatic carbocycles. The second-order valence-corrected chi connectivity index (χ2v) is 6.31. The molecule has 2 fully saturated rings. The lowest BCUT2D eigenvalue weighted by molar-refractivity contribution is -0.0911. The van der Waals surface area contributed by atoms with Gasteiger partial charge in [-0.05, 0) is 12.8 Å². The van der Waals surface area contributed by atoms with Crippen molar-refractivity contribution < 1.29 is 4.74 Å². The minimum Gasteiger partial charge on any atom is -0.375 e. The number of halogens is 1. The minimum atomic E-state index is 0.458. The zero-order valence-corrected chi connectivity index (χ0v) is 12.1. The SMILES string of the molecule is ClCc1csc(CN2CCOC3CCCCC32)n1. The van der Waals surface area contributed by atoms with E-state index in [1.165, 1.54) is 30.7 Å². The van der Waals surface area contributed by atoms with Crippen molar-refractivity contribution in [3.8, 4) is 0 Å². The van der Waals surface area contributed by atoms with E-state index in [1.807, 2.05) is 0 Å². The predicted molar refractivity (Wildman–Crippen MR) is 74.1 cm³/mol. The smallest absolute Gasteiger partial charge is 0.107 e. The summed E-state index contributed by atoms with van der Waals surface area (Å²) in [5.41, 5.74) is 1.00. The van der Waals surface area contributed by atoms with E-state index in [2.05, 4.69) is 15.3 Å². The number of fused-ring (bicyclic) bond motifs is 1. The van der Waals surface area contributed by atoms with E-state index in [1.54, 1.807) is 11.3 Å². The summed E-state index contributed by atoms with van der Waals surface area (Å²) in [4.78, 5) is 7.12. The highest BCUT2D eigenvalue weighted by Crippen LogP contribution is 2.29. The van der Waals surface area contributed by atoms with E-state index >= 15 is 0 Å². The van der Waals surface area contributed by atoms with E-state index < -0.39 is 0 Å². The standard InChI is InChI=1S/C13H19ClN2OS/c14-7-10-9-18-13(15-10)8-16-5-6-17-12-4-2-1-3-11(12)16/h9,11-12H,1-8H2. The maximum Gasteiger partial charge on any atom is 0.107 e. The van der Waals surface area contributed by atoms with Gasteiger partial charge in [0, 0.05) is 18.0 Å². The fourth-order valence-electron chi connectivity index (χ4n) is 3.03. The first kappa shape index (κ1) is 12.9. The van der Waals surface area contributed by atoms with Gasteiger partial charge in [-0.25, -0.2) is 4.98 Å². The molecular weight excluding hydrogens is 268 g/mol. The molecule has 1 saturated heterocycles.